The van der Waals surface area contributed by atoms with Crippen LogP contribution in [-0.4, -0.2) is 33.0 Å². The summed E-state index contributed by atoms with van der Waals surface area (Å²) in [6.07, 6.45) is 1.60. The Bertz CT molecular complexity index is 538. The molecule has 1 heterocycles. The van der Waals surface area contributed by atoms with E-state index < -0.39 is 9.84 Å². The van der Waals surface area contributed by atoms with Crippen LogP contribution in [0.15, 0.2) is 24.3 Å². The molecule has 1 fully saturated rings. The van der Waals surface area contributed by atoms with Crippen LogP contribution >= 0.6 is 11.6 Å². The maximum atomic E-state index is 11.5. The second-order valence-corrected chi connectivity index (χ2v) is 8.14. The van der Waals surface area contributed by atoms with Gasteiger partial charge >= 0.3 is 0 Å². The minimum atomic E-state index is -2.86. The van der Waals surface area contributed by atoms with Crippen molar-refractivity contribution in [3.8, 4) is 0 Å². The Morgan fingerprint density at radius 2 is 2.11 bits per heavy atom. The summed E-state index contributed by atoms with van der Waals surface area (Å²) in [5.41, 5.74) is 1.28. The predicted molar refractivity (Wildman–Crippen MR) is 79.6 cm³/mol. The first-order chi connectivity index (χ1) is 8.97. The van der Waals surface area contributed by atoms with Crippen molar-refractivity contribution in [2.45, 2.75) is 25.2 Å². The molecule has 106 valence electrons. The Hall–Kier alpha value is -0.580. The van der Waals surface area contributed by atoms with E-state index in [9.17, 15) is 8.42 Å². The van der Waals surface area contributed by atoms with Crippen molar-refractivity contribution in [1.29, 1.82) is 0 Å². The molecule has 0 saturated carbocycles. The first-order valence-electron chi connectivity index (χ1n) is 6.65. The first kappa shape index (κ1) is 14.8. The highest BCUT2D eigenvalue weighted by Gasteiger charge is 2.38. The molecule has 0 unspecified atom stereocenters. The lowest BCUT2D eigenvalue weighted by Gasteiger charge is -2.43. The number of sulfone groups is 1. The van der Waals surface area contributed by atoms with Gasteiger partial charge in [-0.15, -0.1) is 0 Å². The molecule has 1 aliphatic heterocycles. The third kappa shape index (κ3) is 3.50. The Kier molecular flexibility index (Phi) is 4.54. The lowest BCUT2D eigenvalue weighted by atomic mass is 9.72. The van der Waals surface area contributed by atoms with Crippen LogP contribution in [0.4, 0.5) is 0 Å². The van der Waals surface area contributed by atoms with Gasteiger partial charge in [0.1, 0.15) is 9.84 Å². The summed E-state index contributed by atoms with van der Waals surface area (Å²) >= 11 is 6.04. The van der Waals surface area contributed by atoms with Crippen LogP contribution in [0.2, 0.25) is 5.02 Å². The number of halogens is 1. The summed E-state index contributed by atoms with van der Waals surface area (Å²) < 4.78 is 23.1. The van der Waals surface area contributed by atoms with Crippen molar-refractivity contribution in [3.05, 3.63) is 34.9 Å². The third-order valence-electron chi connectivity index (χ3n) is 3.91. The fourth-order valence-corrected chi connectivity index (χ4v) is 3.61. The molecule has 0 atom stereocenters. The molecule has 0 bridgehead atoms. The number of hydrogen-bond acceptors (Lipinski definition) is 3. The van der Waals surface area contributed by atoms with Crippen LogP contribution < -0.4 is 5.32 Å². The van der Waals surface area contributed by atoms with E-state index in [0.29, 0.717) is 6.42 Å². The van der Waals surface area contributed by atoms with Crippen molar-refractivity contribution < 1.29 is 8.42 Å². The van der Waals surface area contributed by atoms with Gasteiger partial charge in [0.25, 0.3) is 0 Å². The number of hydrogen-bond donors (Lipinski definition) is 1. The van der Waals surface area contributed by atoms with E-state index in [1.54, 1.807) is 6.92 Å². The molecule has 3 nitrogen and oxygen atoms in total. The quantitative estimate of drug-likeness (QED) is 0.877. The van der Waals surface area contributed by atoms with Gasteiger partial charge in [0.2, 0.25) is 0 Å². The van der Waals surface area contributed by atoms with Crippen LogP contribution in [0.25, 0.3) is 0 Å². The summed E-state index contributed by atoms with van der Waals surface area (Å²) in [6, 6.07) is 7.91. The highest BCUT2D eigenvalue weighted by atomic mass is 35.5. The fourth-order valence-electron chi connectivity index (χ4n) is 2.55. The zero-order chi connectivity index (χ0) is 13.9. The summed E-state index contributed by atoms with van der Waals surface area (Å²) in [5, 5.41) is 4.03. The summed E-state index contributed by atoms with van der Waals surface area (Å²) in [6.45, 7) is 3.51. The van der Waals surface area contributed by atoms with Crippen LogP contribution in [0.3, 0.4) is 0 Å². The molecule has 1 aliphatic rings. The molecular weight excluding hydrogens is 282 g/mol. The highest BCUT2D eigenvalue weighted by molar-refractivity contribution is 7.91. The third-order valence-corrected chi connectivity index (χ3v) is 5.94. The average Bonchev–Trinajstić information content (AvgIpc) is 2.32. The zero-order valence-electron chi connectivity index (χ0n) is 11.2. The minimum absolute atomic E-state index is 0.0637. The van der Waals surface area contributed by atoms with Gasteiger partial charge in [-0.1, -0.05) is 30.7 Å². The molecule has 0 aromatic heterocycles. The van der Waals surface area contributed by atoms with Crippen molar-refractivity contribution in [2.75, 3.05) is 24.6 Å². The SMILES string of the molecule is CCS(=O)(=O)CCCC1(c2cccc(Cl)c2)CNC1. The van der Waals surface area contributed by atoms with Gasteiger partial charge in [0, 0.05) is 29.3 Å². The van der Waals surface area contributed by atoms with Gasteiger partial charge in [-0.2, -0.15) is 0 Å². The maximum Gasteiger partial charge on any atom is 0.150 e. The minimum Gasteiger partial charge on any atom is -0.315 e. The van der Waals surface area contributed by atoms with Crippen LogP contribution in [-0.2, 0) is 15.3 Å². The lowest BCUT2D eigenvalue weighted by molar-refractivity contribution is 0.256. The summed E-state index contributed by atoms with van der Waals surface area (Å²) in [5.74, 6) is 0.515. The molecule has 0 aliphatic carbocycles. The highest BCUT2D eigenvalue weighted by Crippen LogP contribution is 2.34. The molecule has 1 N–H and O–H groups in total. The fraction of sp³-hybridized carbons (Fsp3) is 0.571. The van der Waals surface area contributed by atoms with Gasteiger partial charge in [0.05, 0.1) is 5.75 Å². The molecule has 1 saturated heterocycles. The second kappa shape index (κ2) is 5.81. The van der Waals surface area contributed by atoms with E-state index in [4.69, 9.17) is 11.6 Å². The number of rotatable bonds is 6. The van der Waals surface area contributed by atoms with Crippen molar-refractivity contribution in [1.82, 2.24) is 5.32 Å². The molecule has 0 radical (unpaired) electrons. The van der Waals surface area contributed by atoms with Gasteiger partial charge in [-0.3, -0.25) is 0 Å². The Morgan fingerprint density at radius 3 is 2.63 bits per heavy atom. The summed E-state index contributed by atoms with van der Waals surface area (Å²) in [7, 11) is -2.86. The normalized spacial score (nSPS) is 18.0. The van der Waals surface area contributed by atoms with E-state index in [1.165, 1.54) is 5.56 Å². The van der Waals surface area contributed by atoms with Crippen molar-refractivity contribution in [3.63, 3.8) is 0 Å². The van der Waals surface area contributed by atoms with E-state index >= 15 is 0 Å². The smallest absolute Gasteiger partial charge is 0.150 e. The monoisotopic (exact) mass is 301 g/mol. The van der Waals surface area contributed by atoms with Gasteiger partial charge < -0.3 is 5.32 Å². The molecule has 2 rings (SSSR count). The van der Waals surface area contributed by atoms with Crippen LogP contribution in [0.1, 0.15) is 25.3 Å². The first-order valence-corrected chi connectivity index (χ1v) is 8.85. The Morgan fingerprint density at radius 1 is 1.37 bits per heavy atom. The van der Waals surface area contributed by atoms with Crippen molar-refractivity contribution in [2.24, 2.45) is 0 Å². The van der Waals surface area contributed by atoms with E-state index in [-0.39, 0.29) is 16.9 Å². The second-order valence-electron chi connectivity index (χ2n) is 5.23. The lowest BCUT2D eigenvalue weighted by Crippen LogP contribution is -2.56. The zero-order valence-corrected chi connectivity index (χ0v) is 12.7. The largest absolute Gasteiger partial charge is 0.315 e. The number of nitrogens with one attached hydrogen (secondary N) is 1. The Balaban J connectivity index is 2.04. The van der Waals surface area contributed by atoms with Crippen LogP contribution in [0.5, 0.6) is 0 Å². The predicted octanol–water partition coefficient (Wildman–Crippen LogP) is 2.40. The van der Waals surface area contributed by atoms with E-state index in [2.05, 4.69) is 11.4 Å². The molecule has 5 heteroatoms. The van der Waals surface area contributed by atoms with Gasteiger partial charge in [-0.05, 0) is 30.5 Å². The van der Waals surface area contributed by atoms with E-state index in [1.807, 2.05) is 18.2 Å². The number of benzene rings is 1. The van der Waals surface area contributed by atoms with Crippen LogP contribution in [0, 0.1) is 0 Å². The average molecular weight is 302 g/mol. The topological polar surface area (TPSA) is 46.2 Å². The van der Waals surface area contributed by atoms with E-state index in [0.717, 1.165) is 24.5 Å². The molecule has 1 aromatic carbocycles. The molecular formula is C14H20ClNO2S. The molecule has 19 heavy (non-hydrogen) atoms. The standard InChI is InChI=1S/C14H20ClNO2S/c1-2-19(17,18)8-4-7-14(10-16-11-14)12-5-3-6-13(15)9-12/h3,5-6,9,16H,2,4,7-8,10-11H2,1H3. The molecule has 0 spiro atoms. The molecule has 1 aromatic rings. The van der Waals surface area contributed by atoms with Gasteiger partial charge in [0.15, 0.2) is 0 Å². The molecule has 0 amide bonds. The van der Waals surface area contributed by atoms with Crippen molar-refractivity contribution >= 4 is 21.4 Å². The maximum absolute atomic E-state index is 11.5. The Labute approximate surface area is 120 Å². The van der Waals surface area contributed by atoms with Gasteiger partial charge in [-0.25, -0.2) is 8.42 Å². The summed E-state index contributed by atoms with van der Waals surface area (Å²) in [4.78, 5) is 0.